The third kappa shape index (κ3) is 4.81. The number of esters is 1. The van der Waals surface area contributed by atoms with Crippen molar-refractivity contribution in [1.82, 2.24) is 15.1 Å². The van der Waals surface area contributed by atoms with Crippen molar-refractivity contribution in [2.24, 2.45) is 10.7 Å². The van der Waals surface area contributed by atoms with Gasteiger partial charge in [0, 0.05) is 19.7 Å². The normalized spacial score (nSPS) is 22.6. The third-order valence-corrected chi connectivity index (χ3v) is 7.39. The first-order valence-corrected chi connectivity index (χ1v) is 12.9. The molecule has 1 aromatic rings. The Morgan fingerprint density at radius 1 is 1.28 bits per heavy atom. The van der Waals surface area contributed by atoms with Gasteiger partial charge in [-0.1, -0.05) is 23.9 Å². The number of rotatable bonds is 7. The number of nitrogens with two attached hydrogens (primary N) is 1. The van der Waals surface area contributed by atoms with Crippen LogP contribution in [0.15, 0.2) is 46.0 Å². The molecule has 3 aliphatic rings. The fourth-order valence-corrected chi connectivity index (χ4v) is 5.49. The lowest BCUT2D eigenvalue weighted by Gasteiger charge is -2.36. The molecule has 3 heterocycles. The first-order valence-electron chi connectivity index (χ1n) is 11.9. The summed E-state index contributed by atoms with van der Waals surface area (Å²) in [6, 6.07) is 5.96. The van der Waals surface area contributed by atoms with Crippen LogP contribution in [-0.4, -0.2) is 85.8 Å². The molecule has 39 heavy (non-hydrogen) atoms. The number of fused-ring (bicyclic) bond motifs is 1. The summed E-state index contributed by atoms with van der Waals surface area (Å²) in [5.74, 6) is -1.32. The van der Waals surface area contributed by atoms with Gasteiger partial charge in [0.15, 0.2) is 22.8 Å². The Morgan fingerprint density at radius 3 is 2.67 bits per heavy atom. The van der Waals surface area contributed by atoms with E-state index in [-0.39, 0.29) is 35.1 Å². The number of allylic oxidation sites excluding steroid dienone is 1. The number of para-hydroxylation sites is 1. The van der Waals surface area contributed by atoms with Crippen LogP contribution in [-0.2, 0) is 19.1 Å². The lowest BCUT2D eigenvalue weighted by atomic mass is 9.82. The molecule has 1 aromatic carbocycles. The number of thioether (sulfide) groups is 1. The van der Waals surface area contributed by atoms with Gasteiger partial charge >= 0.3 is 12.0 Å². The molecule has 206 valence electrons. The molecule has 0 saturated carbocycles. The molecule has 1 fully saturated rings. The molecular weight excluding hydrogens is 528 g/mol. The van der Waals surface area contributed by atoms with Gasteiger partial charge in [0.05, 0.1) is 38.1 Å². The van der Waals surface area contributed by atoms with Gasteiger partial charge in [0.2, 0.25) is 5.88 Å². The van der Waals surface area contributed by atoms with Gasteiger partial charge in [-0.3, -0.25) is 9.69 Å². The summed E-state index contributed by atoms with van der Waals surface area (Å²) < 4.78 is 22.2. The Labute approximate surface area is 229 Å². The predicted octanol–water partition coefficient (Wildman–Crippen LogP) is 1.24. The number of nitriles is 1. The molecule has 3 amide bonds. The van der Waals surface area contributed by atoms with E-state index in [0.29, 0.717) is 22.2 Å². The third-order valence-electron chi connectivity index (χ3n) is 6.49. The zero-order valence-electron chi connectivity index (χ0n) is 22.0. The van der Waals surface area contributed by atoms with Gasteiger partial charge in [-0.05, 0) is 13.0 Å². The number of urea groups is 1. The maximum absolute atomic E-state index is 13.3. The summed E-state index contributed by atoms with van der Waals surface area (Å²) in [7, 11) is 5.90. The largest absolute Gasteiger partial charge is 0.493 e. The Kier molecular flexibility index (Phi) is 7.91. The molecule has 0 spiro atoms. The number of carbonyl (C=O) groups excluding carboxylic acids is 3. The van der Waals surface area contributed by atoms with Crippen molar-refractivity contribution in [1.29, 1.82) is 5.26 Å². The Hall–Kier alpha value is -4.38. The standard InChI is InChI=1S/C25H28N6O7S/c1-6-37-23(33)17-15(11-39-24-28-18-21(29-24)30(2)25(34)31(3)22(18)32)38-20(27)13(10-26)16(17)12-8-7-9-14(35-4)19(12)36-5/h7-9,16,18,21H,6,11,27H2,1-5H3,(H,28,29)/t16-,18-,21+/m1/s1. The number of ether oxygens (including phenoxy) is 4. The van der Waals surface area contributed by atoms with E-state index < -0.39 is 36.0 Å². The molecule has 13 nitrogen and oxygen atoms in total. The number of hydrogen-bond donors (Lipinski definition) is 2. The molecule has 4 rings (SSSR count). The Morgan fingerprint density at radius 2 is 2.03 bits per heavy atom. The highest BCUT2D eigenvalue weighted by atomic mass is 32.2. The maximum atomic E-state index is 13.3. The van der Waals surface area contributed by atoms with E-state index in [0.717, 1.165) is 16.7 Å². The second-order valence-corrected chi connectivity index (χ2v) is 9.58. The highest BCUT2D eigenvalue weighted by Gasteiger charge is 2.47. The fourth-order valence-electron chi connectivity index (χ4n) is 4.61. The van der Waals surface area contributed by atoms with Gasteiger partial charge in [-0.15, -0.1) is 0 Å². The number of nitrogens with zero attached hydrogens (tertiary/aromatic N) is 4. The number of aliphatic imine (C=N–C) groups is 1. The summed E-state index contributed by atoms with van der Waals surface area (Å²) in [5, 5.41) is 13.4. The molecule has 0 aliphatic carbocycles. The van der Waals surface area contributed by atoms with Crippen molar-refractivity contribution in [2.45, 2.75) is 25.0 Å². The summed E-state index contributed by atoms with van der Waals surface area (Å²) >= 11 is 1.15. The second-order valence-electron chi connectivity index (χ2n) is 8.61. The van der Waals surface area contributed by atoms with Crippen LogP contribution in [0.5, 0.6) is 11.5 Å². The average molecular weight is 557 g/mol. The molecule has 0 radical (unpaired) electrons. The highest BCUT2D eigenvalue weighted by molar-refractivity contribution is 8.14. The smallest absolute Gasteiger partial charge is 0.338 e. The number of amides is 3. The van der Waals surface area contributed by atoms with Crippen molar-refractivity contribution < 1.29 is 33.3 Å². The molecule has 1 saturated heterocycles. The summed E-state index contributed by atoms with van der Waals surface area (Å²) in [4.78, 5) is 45.2. The van der Waals surface area contributed by atoms with Crippen LogP contribution in [0.4, 0.5) is 4.79 Å². The van der Waals surface area contributed by atoms with Gasteiger partial charge in [0.1, 0.15) is 23.4 Å². The Balaban J connectivity index is 1.74. The minimum atomic E-state index is -0.969. The van der Waals surface area contributed by atoms with Crippen molar-refractivity contribution in [3.63, 3.8) is 0 Å². The summed E-state index contributed by atoms with van der Waals surface area (Å²) in [5.41, 5.74) is 6.72. The van der Waals surface area contributed by atoms with Crippen LogP contribution in [0.3, 0.4) is 0 Å². The zero-order valence-corrected chi connectivity index (χ0v) is 22.8. The fraction of sp³-hybridized carbons (Fsp3) is 0.400. The molecule has 0 aromatic heterocycles. The molecule has 0 bridgehead atoms. The minimum Gasteiger partial charge on any atom is -0.493 e. The number of methoxy groups -OCH3 is 2. The first-order chi connectivity index (χ1) is 18.7. The zero-order chi connectivity index (χ0) is 28.4. The van der Waals surface area contributed by atoms with Crippen molar-refractivity contribution >= 4 is 34.8 Å². The number of likely N-dealkylation sites (N-methyl/N-ethyl adjacent to an activating group) is 2. The lowest BCUT2D eigenvalue weighted by molar-refractivity contribution is -0.139. The second kappa shape index (κ2) is 11.2. The van der Waals surface area contributed by atoms with Crippen LogP contribution in [0.2, 0.25) is 0 Å². The van der Waals surface area contributed by atoms with Gasteiger partial charge in [-0.2, -0.15) is 5.26 Å². The highest BCUT2D eigenvalue weighted by Crippen LogP contribution is 2.46. The van der Waals surface area contributed by atoms with Gasteiger partial charge in [-0.25, -0.2) is 14.6 Å². The maximum Gasteiger partial charge on any atom is 0.338 e. The topological polar surface area (TPSA) is 169 Å². The van der Waals surface area contributed by atoms with E-state index >= 15 is 0 Å². The summed E-state index contributed by atoms with van der Waals surface area (Å²) in [6.45, 7) is 1.75. The van der Waals surface area contributed by atoms with Crippen LogP contribution < -0.4 is 20.5 Å². The Bertz CT molecular complexity index is 1350. The minimum absolute atomic E-state index is 0.00878. The monoisotopic (exact) mass is 556 g/mol. The number of carbonyl (C=O) groups is 3. The van der Waals surface area contributed by atoms with Crippen molar-refractivity contribution in [3.05, 3.63) is 46.6 Å². The molecule has 3 N–H and O–H groups in total. The van der Waals surface area contributed by atoms with E-state index in [1.807, 2.05) is 0 Å². The SMILES string of the molecule is CCOC(=O)C1=C(CSC2=N[C@@H]3[C@@H](N2)C(=O)N(C)C(=O)N3C)OC(N)=C(C#N)[C@H]1c1cccc(OC)c1OC. The van der Waals surface area contributed by atoms with Crippen molar-refractivity contribution in [2.75, 3.05) is 40.7 Å². The van der Waals surface area contributed by atoms with E-state index in [2.05, 4.69) is 16.4 Å². The molecule has 3 atom stereocenters. The van der Waals surface area contributed by atoms with E-state index in [1.54, 1.807) is 32.2 Å². The van der Waals surface area contributed by atoms with Crippen LogP contribution in [0.1, 0.15) is 18.4 Å². The van der Waals surface area contributed by atoms with E-state index in [9.17, 15) is 19.6 Å². The number of hydrogen-bond acceptors (Lipinski definition) is 12. The molecule has 3 aliphatic heterocycles. The van der Waals surface area contributed by atoms with Crippen LogP contribution >= 0.6 is 11.8 Å². The number of imide groups is 1. The molecule has 0 unspecified atom stereocenters. The summed E-state index contributed by atoms with van der Waals surface area (Å²) in [6.07, 6.45) is -0.710. The number of nitrogens with one attached hydrogen (secondary N) is 1. The van der Waals surface area contributed by atoms with Crippen molar-refractivity contribution in [3.8, 4) is 17.6 Å². The molecular formula is C25H28N6O7S. The lowest BCUT2D eigenvalue weighted by Crippen LogP contribution is -2.63. The number of benzene rings is 1. The number of amidine groups is 1. The van der Waals surface area contributed by atoms with E-state index in [4.69, 9.17) is 24.7 Å². The quantitative estimate of drug-likeness (QED) is 0.463. The first kappa shape index (κ1) is 27.6. The van der Waals surface area contributed by atoms with Crippen LogP contribution in [0, 0.1) is 11.3 Å². The average Bonchev–Trinajstić information content (AvgIpc) is 3.37. The predicted molar refractivity (Wildman–Crippen MR) is 140 cm³/mol. The van der Waals surface area contributed by atoms with Gasteiger partial charge < -0.3 is 34.9 Å². The van der Waals surface area contributed by atoms with E-state index in [1.165, 1.54) is 26.2 Å². The molecule has 14 heteroatoms. The van der Waals surface area contributed by atoms with Gasteiger partial charge in [0.25, 0.3) is 5.91 Å². The van der Waals surface area contributed by atoms with Crippen LogP contribution in [0.25, 0.3) is 0 Å².